The molecule has 2 aliphatic heterocycles. The number of hydrogen-bond donors (Lipinski definition) is 1. The summed E-state index contributed by atoms with van der Waals surface area (Å²) in [7, 11) is 0. The summed E-state index contributed by atoms with van der Waals surface area (Å²) in [5, 5.41) is 0.676. The minimum Gasteiger partial charge on any atom is -0.330 e. The molecule has 2 unspecified atom stereocenters. The molecule has 1 fully saturated rings. The van der Waals surface area contributed by atoms with Crippen LogP contribution in [0.4, 0.5) is 0 Å². The number of halogens is 1. The Balaban J connectivity index is 1.87. The first-order valence-corrected chi connectivity index (χ1v) is 7.29. The van der Waals surface area contributed by atoms with E-state index in [4.69, 9.17) is 17.3 Å². The van der Waals surface area contributed by atoms with Crippen molar-refractivity contribution >= 4 is 11.6 Å². The van der Waals surface area contributed by atoms with Gasteiger partial charge in [-0.15, -0.1) is 0 Å². The molecule has 5 heteroatoms. The number of aromatic nitrogens is 2. The van der Waals surface area contributed by atoms with Crippen LogP contribution in [0.25, 0.3) is 0 Å². The number of likely N-dealkylation sites (N-methyl/N-ethyl adjacent to an activating group) is 1. The Kier molecular flexibility index (Phi) is 3.34. The van der Waals surface area contributed by atoms with Crippen LogP contribution in [0, 0.1) is 0 Å². The highest BCUT2D eigenvalue weighted by molar-refractivity contribution is 6.30. The van der Waals surface area contributed by atoms with E-state index in [9.17, 15) is 0 Å². The molecule has 1 aromatic rings. The standard InChI is InChI=1S/C13H21ClN4/c1-2-17-5-3-9(8-17)13-16-12(14)11-7-10(15)4-6-18(11)13/h9-10H,2-8,15H2,1H3. The summed E-state index contributed by atoms with van der Waals surface area (Å²) >= 11 is 6.28. The molecule has 1 aromatic heterocycles. The monoisotopic (exact) mass is 268 g/mol. The minimum absolute atomic E-state index is 0.246. The normalized spacial score (nSPS) is 28.6. The van der Waals surface area contributed by atoms with E-state index in [1.807, 2.05) is 0 Å². The number of nitrogens with two attached hydrogens (primary N) is 1. The van der Waals surface area contributed by atoms with Crippen LogP contribution < -0.4 is 5.73 Å². The zero-order chi connectivity index (χ0) is 12.7. The second-order valence-electron chi connectivity index (χ2n) is 5.49. The van der Waals surface area contributed by atoms with Crippen LogP contribution in [-0.2, 0) is 13.0 Å². The summed E-state index contributed by atoms with van der Waals surface area (Å²) in [6, 6.07) is 0.246. The van der Waals surface area contributed by atoms with Gasteiger partial charge in [0.1, 0.15) is 5.82 Å². The fraction of sp³-hybridized carbons (Fsp3) is 0.769. The molecule has 0 radical (unpaired) electrons. The maximum absolute atomic E-state index is 6.28. The number of fused-ring (bicyclic) bond motifs is 1. The molecule has 0 saturated carbocycles. The lowest BCUT2D eigenvalue weighted by Crippen LogP contribution is -2.31. The first-order chi connectivity index (χ1) is 8.69. The van der Waals surface area contributed by atoms with Crippen molar-refractivity contribution in [2.24, 2.45) is 5.73 Å². The van der Waals surface area contributed by atoms with E-state index < -0.39 is 0 Å². The van der Waals surface area contributed by atoms with Gasteiger partial charge < -0.3 is 15.2 Å². The average Bonchev–Trinajstić information content (AvgIpc) is 2.95. The van der Waals surface area contributed by atoms with Gasteiger partial charge in [-0.2, -0.15) is 0 Å². The summed E-state index contributed by atoms with van der Waals surface area (Å²) in [5.41, 5.74) is 7.17. The SMILES string of the molecule is CCN1CCC(c2nc(Cl)c3n2CCC(N)C3)C1. The van der Waals surface area contributed by atoms with Gasteiger partial charge in [-0.1, -0.05) is 18.5 Å². The molecule has 2 aliphatic rings. The minimum atomic E-state index is 0.246. The summed E-state index contributed by atoms with van der Waals surface area (Å²) < 4.78 is 2.33. The quantitative estimate of drug-likeness (QED) is 0.887. The molecule has 0 amide bonds. The molecule has 3 rings (SSSR count). The molecule has 0 aromatic carbocycles. The zero-order valence-electron chi connectivity index (χ0n) is 10.9. The molecule has 0 aliphatic carbocycles. The molecule has 100 valence electrons. The van der Waals surface area contributed by atoms with E-state index in [1.165, 1.54) is 18.8 Å². The van der Waals surface area contributed by atoms with Crippen molar-refractivity contribution in [1.82, 2.24) is 14.5 Å². The van der Waals surface area contributed by atoms with E-state index >= 15 is 0 Å². The summed E-state index contributed by atoms with van der Waals surface area (Å²) in [6.07, 6.45) is 3.11. The van der Waals surface area contributed by atoms with E-state index in [0.29, 0.717) is 11.1 Å². The van der Waals surface area contributed by atoms with E-state index in [0.717, 1.165) is 38.2 Å². The Morgan fingerprint density at radius 2 is 2.22 bits per heavy atom. The van der Waals surface area contributed by atoms with Gasteiger partial charge in [0.05, 0.1) is 5.69 Å². The number of nitrogens with zero attached hydrogens (tertiary/aromatic N) is 3. The smallest absolute Gasteiger partial charge is 0.150 e. The van der Waals surface area contributed by atoms with E-state index in [2.05, 4.69) is 21.4 Å². The van der Waals surface area contributed by atoms with E-state index in [-0.39, 0.29) is 6.04 Å². The van der Waals surface area contributed by atoms with Crippen molar-refractivity contribution in [2.75, 3.05) is 19.6 Å². The van der Waals surface area contributed by atoms with Gasteiger partial charge in [0, 0.05) is 31.5 Å². The third kappa shape index (κ3) is 2.06. The molecule has 2 N–H and O–H groups in total. The highest BCUT2D eigenvalue weighted by atomic mass is 35.5. The number of likely N-dealkylation sites (tertiary alicyclic amines) is 1. The lowest BCUT2D eigenvalue weighted by molar-refractivity contribution is 0.350. The van der Waals surface area contributed by atoms with Gasteiger partial charge in [-0.05, 0) is 25.9 Å². The highest BCUT2D eigenvalue weighted by Gasteiger charge is 2.30. The molecule has 18 heavy (non-hydrogen) atoms. The summed E-state index contributed by atoms with van der Waals surface area (Å²) in [6.45, 7) is 6.63. The van der Waals surface area contributed by atoms with Crippen molar-refractivity contribution in [3.8, 4) is 0 Å². The van der Waals surface area contributed by atoms with Gasteiger partial charge in [0.25, 0.3) is 0 Å². The molecular formula is C13H21ClN4. The number of rotatable bonds is 2. The summed E-state index contributed by atoms with van der Waals surface area (Å²) in [4.78, 5) is 7.10. The van der Waals surface area contributed by atoms with Crippen molar-refractivity contribution in [2.45, 2.75) is 44.7 Å². The Bertz CT molecular complexity index is 442. The number of hydrogen-bond acceptors (Lipinski definition) is 3. The second-order valence-corrected chi connectivity index (χ2v) is 5.85. The van der Waals surface area contributed by atoms with Crippen LogP contribution in [0.2, 0.25) is 5.15 Å². The number of imidazole rings is 1. The van der Waals surface area contributed by atoms with Crippen molar-refractivity contribution in [3.63, 3.8) is 0 Å². The lowest BCUT2D eigenvalue weighted by atomic mass is 10.0. The third-order valence-corrected chi connectivity index (χ3v) is 4.62. The Labute approximate surface area is 113 Å². The van der Waals surface area contributed by atoms with Crippen molar-refractivity contribution < 1.29 is 0 Å². The van der Waals surface area contributed by atoms with Crippen LogP contribution in [0.5, 0.6) is 0 Å². The van der Waals surface area contributed by atoms with Crippen LogP contribution in [0.15, 0.2) is 0 Å². The van der Waals surface area contributed by atoms with Gasteiger partial charge in [-0.25, -0.2) is 4.98 Å². The van der Waals surface area contributed by atoms with Crippen LogP contribution in [0.3, 0.4) is 0 Å². The van der Waals surface area contributed by atoms with Crippen LogP contribution in [0.1, 0.15) is 37.2 Å². The largest absolute Gasteiger partial charge is 0.330 e. The average molecular weight is 269 g/mol. The summed E-state index contributed by atoms with van der Waals surface area (Å²) in [5.74, 6) is 1.74. The topological polar surface area (TPSA) is 47.1 Å². The van der Waals surface area contributed by atoms with Gasteiger partial charge >= 0.3 is 0 Å². The van der Waals surface area contributed by atoms with Crippen LogP contribution in [-0.4, -0.2) is 40.1 Å². The predicted octanol–water partition coefficient (Wildman–Crippen LogP) is 1.62. The zero-order valence-corrected chi connectivity index (χ0v) is 11.7. The molecule has 1 saturated heterocycles. The maximum Gasteiger partial charge on any atom is 0.150 e. The highest BCUT2D eigenvalue weighted by Crippen LogP contribution is 2.32. The van der Waals surface area contributed by atoms with Gasteiger partial charge in [0.2, 0.25) is 0 Å². The van der Waals surface area contributed by atoms with E-state index in [1.54, 1.807) is 0 Å². The van der Waals surface area contributed by atoms with Crippen molar-refractivity contribution in [3.05, 3.63) is 16.7 Å². The Morgan fingerprint density at radius 1 is 1.39 bits per heavy atom. The van der Waals surface area contributed by atoms with Gasteiger partial charge in [-0.3, -0.25) is 0 Å². The molecule has 3 heterocycles. The fourth-order valence-electron chi connectivity index (χ4n) is 3.21. The van der Waals surface area contributed by atoms with Gasteiger partial charge in [0.15, 0.2) is 5.15 Å². The maximum atomic E-state index is 6.28. The third-order valence-electron chi connectivity index (χ3n) is 4.32. The van der Waals surface area contributed by atoms with Crippen molar-refractivity contribution in [1.29, 1.82) is 0 Å². The fourth-order valence-corrected chi connectivity index (χ4v) is 3.47. The molecule has 0 spiro atoms. The molecule has 2 atom stereocenters. The molecule has 0 bridgehead atoms. The second kappa shape index (κ2) is 4.83. The Hall–Kier alpha value is -0.580. The lowest BCUT2D eigenvalue weighted by Gasteiger charge is -2.23. The molecular weight excluding hydrogens is 248 g/mol. The first kappa shape index (κ1) is 12.5. The molecule has 4 nitrogen and oxygen atoms in total. The Morgan fingerprint density at radius 3 is 2.94 bits per heavy atom. The predicted molar refractivity (Wildman–Crippen MR) is 73.0 cm³/mol. The van der Waals surface area contributed by atoms with Crippen LogP contribution >= 0.6 is 11.6 Å². The first-order valence-electron chi connectivity index (χ1n) is 6.91.